The quantitative estimate of drug-likeness (QED) is 0.658. The number of carbonyl (C=O) groups excluding carboxylic acids is 1. The van der Waals surface area contributed by atoms with Crippen molar-refractivity contribution in [2.45, 2.75) is 57.5 Å². The predicted molar refractivity (Wildman–Crippen MR) is 88.8 cm³/mol. The van der Waals surface area contributed by atoms with E-state index in [1.807, 2.05) is 0 Å². The van der Waals surface area contributed by atoms with Crippen LogP contribution in [-0.2, 0) is 17.3 Å². The fourth-order valence-corrected chi connectivity index (χ4v) is 2.92. The maximum atomic E-state index is 15.0. The molecule has 1 aromatic rings. The van der Waals surface area contributed by atoms with Gasteiger partial charge < -0.3 is 9.64 Å². The molecule has 0 bridgehead atoms. The number of amides is 1. The lowest BCUT2D eigenvalue weighted by molar-refractivity contribution is -0.137. The van der Waals surface area contributed by atoms with E-state index in [0.717, 1.165) is 12.3 Å². The number of ether oxygens (including phenoxy) is 1. The van der Waals surface area contributed by atoms with Crippen molar-refractivity contribution in [1.29, 1.82) is 0 Å². The van der Waals surface area contributed by atoms with Crippen molar-refractivity contribution in [3.8, 4) is 0 Å². The molecule has 0 atom stereocenters. The number of carbonyl (C=O) groups is 1. The molecule has 1 aliphatic rings. The average molecular weight is 397 g/mol. The van der Waals surface area contributed by atoms with Gasteiger partial charge in [0.05, 0.1) is 10.6 Å². The molecule has 1 aliphatic heterocycles. The van der Waals surface area contributed by atoms with Gasteiger partial charge in [-0.05, 0) is 39.7 Å². The molecule has 0 radical (unpaired) electrons. The first-order valence-corrected chi connectivity index (χ1v) is 8.55. The van der Waals surface area contributed by atoms with Gasteiger partial charge in [0.2, 0.25) is 0 Å². The molecular weight excluding hydrogens is 376 g/mol. The van der Waals surface area contributed by atoms with Crippen molar-refractivity contribution in [1.82, 2.24) is 9.88 Å². The van der Waals surface area contributed by atoms with Gasteiger partial charge in [-0.3, -0.25) is 4.98 Å². The molecule has 146 valence electrons. The van der Waals surface area contributed by atoms with Crippen LogP contribution in [0.5, 0.6) is 0 Å². The Kier molecular flexibility index (Phi) is 5.75. The first-order chi connectivity index (χ1) is 11.8. The molecule has 2 heterocycles. The molecular formula is C17H21ClF4N2O2. The van der Waals surface area contributed by atoms with E-state index >= 15 is 4.39 Å². The number of likely N-dealkylation sites (tertiary alicyclic amines) is 1. The van der Waals surface area contributed by atoms with Gasteiger partial charge in [0.15, 0.2) is 0 Å². The minimum atomic E-state index is -4.63. The molecule has 0 aromatic carbocycles. The van der Waals surface area contributed by atoms with Gasteiger partial charge in [0, 0.05) is 31.4 Å². The summed E-state index contributed by atoms with van der Waals surface area (Å²) >= 11 is 5.53. The van der Waals surface area contributed by atoms with E-state index in [4.69, 9.17) is 16.3 Å². The summed E-state index contributed by atoms with van der Waals surface area (Å²) in [6.07, 6.45) is -4.54. The van der Waals surface area contributed by atoms with Gasteiger partial charge >= 0.3 is 12.3 Å². The Balaban J connectivity index is 2.03. The Labute approximate surface area is 154 Å². The van der Waals surface area contributed by atoms with Crippen LogP contribution < -0.4 is 0 Å². The molecule has 0 N–H and O–H groups in total. The van der Waals surface area contributed by atoms with Crippen LogP contribution >= 0.6 is 11.6 Å². The van der Waals surface area contributed by atoms with Gasteiger partial charge in [0.1, 0.15) is 11.3 Å². The Morgan fingerprint density at radius 1 is 1.31 bits per heavy atom. The topological polar surface area (TPSA) is 42.4 Å². The second-order valence-electron chi connectivity index (χ2n) is 7.45. The van der Waals surface area contributed by atoms with Crippen LogP contribution in [0.3, 0.4) is 0 Å². The van der Waals surface area contributed by atoms with E-state index in [0.29, 0.717) is 0 Å². The number of halogens is 5. The van der Waals surface area contributed by atoms with Crippen molar-refractivity contribution >= 4 is 17.7 Å². The number of hydrogen-bond acceptors (Lipinski definition) is 3. The molecule has 1 fully saturated rings. The summed E-state index contributed by atoms with van der Waals surface area (Å²) in [5.74, 6) is 0. The standard InChI is InChI=1S/C17H21ClF4N2O2/c1-15(2,3)26-14(25)24-6-4-16(19,5-7-24)9-11-8-12(17(20,21)22)13(18)10-23-11/h8,10H,4-7,9H2,1-3H3. The summed E-state index contributed by atoms with van der Waals surface area (Å²) < 4.78 is 59.0. The zero-order valence-corrected chi connectivity index (χ0v) is 15.5. The molecule has 0 unspecified atom stereocenters. The van der Waals surface area contributed by atoms with Crippen molar-refractivity contribution in [3.05, 3.63) is 28.5 Å². The van der Waals surface area contributed by atoms with Gasteiger partial charge in [0.25, 0.3) is 0 Å². The van der Waals surface area contributed by atoms with Gasteiger partial charge in [-0.1, -0.05) is 11.6 Å². The lowest BCUT2D eigenvalue weighted by Crippen LogP contribution is -2.47. The van der Waals surface area contributed by atoms with Crippen LogP contribution in [0.25, 0.3) is 0 Å². The van der Waals surface area contributed by atoms with E-state index in [-0.39, 0.29) is 38.0 Å². The third kappa shape index (κ3) is 5.46. The molecule has 26 heavy (non-hydrogen) atoms. The molecule has 9 heteroatoms. The third-order valence-corrected chi connectivity index (χ3v) is 4.33. The number of aromatic nitrogens is 1. The fraction of sp³-hybridized carbons (Fsp3) is 0.647. The smallest absolute Gasteiger partial charge is 0.417 e. The monoisotopic (exact) mass is 396 g/mol. The fourth-order valence-electron chi connectivity index (χ4n) is 2.71. The maximum Gasteiger partial charge on any atom is 0.417 e. The Hall–Kier alpha value is -1.57. The number of rotatable bonds is 2. The Morgan fingerprint density at radius 2 is 1.88 bits per heavy atom. The summed E-state index contributed by atoms with van der Waals surface area (Å²) in [6, 6.07) is 0.782. The molecule has 0 saturated carbocycles. The highest BCUT2D eigenvalue weighted by Gasteiger charge is 2.39. The van der Waals surface area contributed by atoms with E-state index in [1.165, 1.54) is 4.90 Å². The first kappa shape index (κ1) is 20.7. The van der Waals surface area contributed by atoms with Crippen LogP contribution in [0.4, 0.5) is 22.4 Å². The summed E-state index contributed by atoms with van der Waals surface area (Å²) in [7, 11) is 0. The predicted octanol–water partition coefficient (Wildman–Crippen LogP) is 5.04. The zero-order chi connectivity index (χ0) is 19.8. The van der Waals surface area contributed by atoms with Crippen LogP contribution in [0, 0.1) is 0 Å². The highest BCUT2D eigenvalue weighted by Crippen LogP contribution is 2.36. The minimum absolute atomic E-state index is 0.00208. The molecule has 0 aliphatic carbocycles. The van der Waals surface area contributed by atoms with E-state index in [9.17, 15) is 18.0 Å². The molecule has 4 nitrogen and oxygen atoms in total. The Bertz CT molecular complexity index is 666. The second kappa shape index (κ2) is 7.21. The SMILES string of the molecule is CC(C)(C)OC(=O)N1CCC(F)(Cc2cc(C(F)(F)F)c(Cl)cn2)CC1. The number of nitrogens with zero attached hydrogens (tertiary/aromatic N) is 2. The summed E-state index contributed by atoms with van der Waals surface area (Å²) in [4.78, 5) is 17.2. The van der Waals surface area contributed by atoms with Crippen LogP contribution in [-0.4, -0.2) is 40.3 Å². The zero-order valence-electron chi connectivity index (χ0n) is 14.8. The van der Waals surface area contributed by atoms with Crippen LogP contribution in [0.1, 0.15) is 44.9 Å². The first-order valence-electron chi connectivity index (χ1n) is 8.18. The maximum absolute atomic E-state index is 15.0. The molecule has 0 spiro atoms. The number of alkyl halides is 4. The second-order valence-corrected chi connectivity index (χ2v) is 7.86. The van der Waals surface area contributed by atoms with E-state index in [1.54, 1.807) is 20.8 Å². The minimum Gasteiger partial charge on any atom is -0.444 e. The summed E-state index contributed by atoms with van der Waals surface area (Å²) in [5.41, 5.74) is -3.43. The van der Waals surface area contributed by atoms with Crippen molar-refractivity contribution in [2.75, 3.05) is 13.1 Å². The summed E-state index contributed by atoms with van der Waals surface area (Å²) in [6.45, 7) is 5.46. The Morgan fingerprint density at radius 3 is 2.38 bits per heavy atom. The lowest BCUT2D eigenvalue weighted by Gasteiger charge is -2.37. The van der Waals surface area contributed by atoms with Gasteiger partial charge in [-0.25, -0.2) is 9.18 Å². The van der Waals surface area contributed by atoms with Crippen molar-refractivity contribution < 1.29 is 27.1 Å². The van der Waals surface area contributed by atoms with E-state index in [2.05, 4.69) is 4.98 Å². The normalized spacial score (nSPS) is 17.9. The van der Waals surface area contributed by atoms with Crippen molar-refractivity contribution in [3.63, 3.8) is 0 Å². The summed E-state index contributed by atoms with van der Waals surface area (Å²) in [5, 5.41) is -0.520. The molecule has 1 aromatic heterocycles. The number of hydrogen-bond donors (Lipinski definition) is 0. The highest BCUT2D eigenvalue weighted by molar-refractivity contribution is 6.31. The van der Waals surface area contributed by atoms with Crippen molar-refractivity contribution in [2.24, 2.45) is 0 Å². The van der Waals surface area contributed by atoms with E-state index < -0.39 is 34.1 Å². The van der Waals surface area contributed by atoms with Crippen LogP contribution in [0.15, 0.2) is 12.3 Å². The average Bonchev–Trinajstić information content (AvgIpc) is 2.47. The largest absolute Gasteiger partial charge is 0.444 e. The lowest BCUT2D eigenvalue weighted by atomic mass is 9.88. The third-order valence-electron chi connectivity index (χ3n) is 4.03. The van der Waals surface area contributed by atoms with Crippen LogP contribution in [0.2, 0.25) is 5.02 Å². The highest BCUT2D eigenvalue weighted by atomic mass is 35.5. The number of piperidine rings is 1. The molecule has 2 rings (SSSR count). The van der Waals surface area contributed by atoms with Gasteiger partial charge in [-0.15, -0.1) is 0 Å². The molecule has 1 amide bonds. The van der Waals surface area contributed by atoms with Gasteiger partial charge in [-0.2, -0.15) is 13.2 Å². The molecule has 1 saturated heterocycles. The number of pyridine rings is 1.